The lowest BCUT2D eigenvalue weighted by Crippen LogP contribution is -2.42. The zero-order chi connectivity index (χ0) is 25.0. The Morgan fingerprint density at radius 1 is 1.03 bits per heavy atom. The van der Waals surface area contributed by atoms with Crippen molar-refractivity contribution in [3.05, 3.63) is 59.5 Å². The Morgan fingerprint density at radius 3 is 2.58 bits per heavy atom. The molecule has 0 bridgehead atoms. The molecule has 0 saturated carbocycles. The summed E-state index contributed by atoms with van der Waals surface area (Å²) >= 11 is 0. The molecule has 0 aliphatic carbocycles. The lowest BCUT2D eigenvalue weighted by molar-refractivity contribution is 0.121. The molecule has 1 amide bonds. The standard InChI is InChI=1S/C25H24N8O3/c1-30-13-16(11-28-30)18-6-5-15(10-26-18)19-7-8-20-22(29-19)23-21(12-27-20)31(2)24(34)33(23)17-4-3-9-32(14-17)25(35)36/h5-8,10-13,17H,3-4,9,14H2,1-2H3,(H,35,36)/t17-/m1/s1. The summed E-state index contributed by atoms with van der Waals surface area (Å²) in [6, 6.07) is 7.39. The minimum absolute atomic E-state index is 0.203. The highest BCUT2D eigenvalue weighted by Crippen LogP contribution is 2.30. The maximum absolute atomic E-state index is 13.3. The van der Waals surface area contributed by atoms with Crippen molar-refractivity contribution < 1.29 is 9.90 Å². The molecule has 5 aromatic rings. The molecule has 6 heterocycles. The van der Waals surface area contributed by atoms with Crippen molar-refractivity contribution in [1.29, 1.82) is 0 Å². The lowest BCUT2D eigenvalue weighted by atomic mass is 10.1. The fraction of sp³-hybridized carbons (Fsp3) is 0.280. The molecule has 1 saturated heterocycles. The fourth-order valence-corrected chi connectivity index (χ4v) is 5.00. The molecule has 1 N–H and O–H groups in total. The number of carbonyl (C=O) groups is 1. The van der Waals surface area contributed by atoms with E-state index in [2.05, 4.69) is 15.1 Å². The number of aryl methyl sites for hydroxylation is 2. The van der Waals surface area contributed by atoms with Gasteiger partial charge in [0.05, 0.1) is 46.4 Å². The Kier molecular flexibility index (Phi) is 5.06. The number of fused-ring (bicyclic) bond motifs is 3. The largest absolute Gasteiger partial charge is 0.465 e. The SMILES string of the molecule is Cn1cc(-c2ccc(-c3ccc4ncc5c(c4n3)n([C@@H]3CCCN(C(=O)O)C3)c(=O)n5C)cn2)cn1. The Balaban J connectivity index is 1.48. The molecule has 11 heteroatoms. The van der Waals surface area contributed by atoms with Gasteiger partial charge >= 0.3 is 11.8 Å². The van der Waals surface area contributed by atoms with Gasteiger partial charge in [-0.15, -0.1) is 0 Å². The fourth-order valence-electron chi connectivity index (χ4n) is 5.00. The molecule has 0 unspecified atom stereocenters. The summed E-state index contributed by atoms with van der Waals surface area (Å²) in [5.74, 6) is 0. The number of pyridine rings is 3. The summed E-state index contributed by atoms with van der Waals surface area (Å²) in [6.45, 7) is 0.732. The van der Waals surface area contributed by atoms with E-state index in [4.69, 9.17) is 4.98 Å². The van der Waals surface area contributed by atoms with Gasteiger partial charge in [0, 0.05) is 50.7 Å². The van der Waals surface area contributed by atoms with Gasteiger partial charge in [-0.2, -0.15) is 5.10 Å². The molecule has 1 aliphatic rings. The van der Waals surface area contributed by atoms with Gasteiger partial charge in [-0.05, 0) is 37.1 Å². The molecule has 36 heavy (non-hydrogen) atoms. The second-order valence-corrected chi connectivity index (χ2v) is 9.13. The van der Waals surface area contributed by atoms with Gasteiger partial charge in [0.25, 0.3) is 0 Å². The Morgan fingerprint density at radius 2 is 1.86 bits per heavy atom. The molecule has 0 radical (unpaired) electrons. The molecule has 1 aliphatic heterocycles. The van der Waals surface area contributed by atoms with Crippen LogP contribution in [0.2, 0.25) is 0 Å². The van der Waals surface area contributed by atoms with Crippen molar-refractivity contribution in [2.75, 3.05) is 13.1 Å². The first-order chi connectivity index (χ1) is 17.4. The van der Waals surface area contributed by atoms with Crippen molar-refractivity contribution in [3.8, 4) is 22.5 Å². The normalized spacial score (nSPS) is 16.2. The van der Waals surface area contributed by atoms with E-state index >= 15 is 0 Å². The monoisotopic (exact) mass is 484 g/mol. The summed E-state index contributed by atoms with van der Waals surface area (Å²) in [6.07, 6.45) is 7.56. The zero-order valence-electron chi connectivity index (χ0n) is 19.9. The molecule has 0 spiro atoms. The molecule has 1 atom stereocenters. The topological polar surface area (TPSA) is 124 Å². The Hall–Kier alpha value is -4.54. The molecule has 1 fully saturated rings. The van der Waals surface area contributed by atoms with E-state index in [1.165, 1.54) is 4.90 Å². The van der Waals surface area contributed by atoms with Crippen LogP contribution in [0.5, 0.6) is 0 Å². The zero-order valence-corrected chi connectivity index (χ0v) is 19.9. The van der Waals surface area contributed by atoms with Gasteiger partial charge in [-0.25, -0.2) is 14.6 Å². The van der Waals surface area contributed by atoms with Crippen LogP contribution in [-0.4, -0.2) is 63.1 Å². The number of rotatable bonds is 3. The van der Waals surface area contributed by atoms with Crippen LogP contribution in [0.1, 0.15) is 18.9 Å². The van der Waals surface area contributed by atoms with E-state index in [-0.39, 0.29) is 18.3 Å². The predicted molar refractivity (Wildman–Crippen MR) is 134 cm³/mol. The third-order valence-electron chi connectivity index (χ3n) is 6.85. The van der Waals surface area contributed by atoms with E-state index in [1.807, 2.05) is 37.5 Å². The van der Waals surface area contributed by atoms with Crippen molar-refractivity contribution in [2.45, 2.75) is 18.9 Å². The van der Waals surface area contributed by atoms with E-state index < -0.39 is 6.09 Å². The summed E-state index contributed by atoms with van der Waals surface area (Å²) < 4.78 is 4.99. The molecule has 11 nitrogen and oxygen atoms in total. The van der Waals surface area contributed by atoms with Crippen molar-refractivity contribution in [1.82, 2.24) is 38.8 Å². The molecule has 6 rings (SSSR count). The van der Waals surface area contributed by atoms with Crippen molar-refractivity contribution >= 4 is 28.2 Å². The quantitative estimate of drug-likeness (QED) is 0.417. The van der Waals surface area contributed by atoms with Crippen LogP contribution in [0, 0.1) is 0 Å². The first kappa shape index (κ1) is 22.0. The van der Waals surface area contributed by atoms with Crippen LogP contribution < -0.4 is 5.69 Å². The first-order valence-corrected chi connectivity index (χ1v) is 11.7. The molecule has 5 aromatic heterocycles. The molecular formula is C25H24N8O3. The number of likely N-dealkylation sites (tertiary alicyclic amines) is 1. The highest BCUT2D eigenvalue weighted by molar-refractivity contribution is 6.00. The van der Waals surface area contributed by atoms with Gasteiger partial charge in [0.15, 0.2) is 0 Å². The second kappa shape index (κ2) is 8.29. The summed E-state index contributed by atoms with van der Waals surface area (Å²) in [5.41, 5.74) is 5.68. The maximum Gasteiger partial charge on any atom is 0.407 e. The van der Waals surface area contributed by atoms with Gasteiger partial charge in [0.1, 0.15) is 5.52 Å². The van der Waals surface area contributed by atoms with Crippen LogP contribution in [0.3, 0.4) is 0 Å². The van der Waals surface area contributed by atoms with E-state index in [1.54, 1.807) is 39.5 Å². The number of imidazole rings is 1. The minimum atomic E-state index is -0.970. The number of hydrogen-bond donors (Lipinski definition) is 1. The predicted octanol–water partition coefficient (Wildman–Crippen LogP) is 3.06. The van der Waals surface area contributed by atoms with Gasteiger partial charge in [-0.1, -0.05) is 0 Å². The Labute approximate surface area is 205 Å². The van der Waals surface area contributed by atoms with Crippen LogP contribution in [0.25, 0.3) is 44.6 Å². The van der Waals surface area contributed by atoms with E-state index in [0.717, 1.165) is 16.8 Å². The highest BCUT2D eigenvalue weighted by atomic mass is 16.4. The lowest BCUT2D eigenvalue weighted by Gasteiger charge is -2.31. The van der Waals surface area contributed by atoms with Gasteiger partial charge < -0.3 is 10.0 Å². The number of amides is 1. The number of carboxylic acid groups (broad SMARTS) is 1. The summed E-state index contributed by atoms with van der Waals surface area (Å²) in [7, 11) is 3.57. The molecule has 182 valence electrons. The van der Waals surface area contributed by atoms with Gasteiger partial charge in [0.2, 0.25) is 0 Å². The van der Waals surface area contributed by atoms with E-state index in [9.17, 15) is 14.7 Å². The highest BCUT2D eigenvalue weighted by Gasteiger charge is 2.28. The number of piperidine rings is 1. The van der Waals surface area contributed by atoms with Gasteiger partial charge in [-0.3, -0.25) is 23.8 Å². The third-order valence-corrected chi connectivity index (χ3v) is 6.85. The van der Waals surface area contributed by atoms with Crippen molar-refractivity contribution in [3.63, 3.8) is 0 Å². The summed E-state index contributed by atoms with van der Waals surface area (Å²) in [5, 5.41) is 13.7. The van der Waals surface area contributed by atoms with E-state index in [0.29, 0.717) is 47.1 Å². The number of nitrogens with zero attached hydrogens (tertiary/aromatic N) is 8. The molecule has 0 aromatic carbocycles. The smallest absolute Gasteiger partial charge is 0.407 e. The van der Waals surface area contributed by atoms with Crippen molar-refractivity contribution in [2.24, 2.45) is 14.1 Å². The third kappa shape index (κ3) is 3.51. The van der Waals surface area contributed by atoms with Crippen LogP contribution in [-0.2, 0) is 14.1 Å². The van der Waals surface area contributed by atoms with Crippen LogP contribution >= 0.6 is 0 Å². The van der Waals surface area contributed by atoms with Crippen LogP contribution in [0.4, 0.5) is 4.79 Å². The minimum Gasteiger partial charge on any atom is -0.465 e. The molecular weight excluding hydrogens is 460 g/mol. The second-order valence-electron chi connectivity index (χ2n) is 9.13. The number of hydrogen-bond acceptors (Lipinski definition) is 6. The average Bonchev–Trinajstić information content (AvgIpc) is 3.45. The van der Waals surface area contributed by atoms with Crippen LogP contribution in [0.15, 0.2) is 53.8 Å². The number of aromatic nitrogens is 7. The average molecular weight is 485 g/mol. The maximum atomic E-state index is 13.3. The Bertz CT molecular complexity index is 1680. The first-order valence-electron chi connectivity index (χ1n) is 11.7. The summed E-state index contributed by atoms with van der Waals surface area (Å²) in [4.78, 5) is 40.4.